The molecule has 3 rings (SSSR count). The first-order valence-electron chi connectivity index (χ1n) is 8.59. The van der Waals surface area contributed by atoms with Crippen LogP contribution in [-0.2, 0) is 4.79 Å². The number of nitriles is 1. The number of nitrogens with one attached hydrogen (secondary N) is 2. The fourth-order valence-corrected chi connectivity index (χ4v) is 3.91. The van der Waals surface area contributed by atoms with Crippen LogP contribution >= 0.6 is 0 Å². The van der Waals surface area contributed by atoms with Gasteiger partial charge in [0.05, 0.1) is 11.1 Å². The van der Waals surface area contributed by atoms with Crippen molar-refractivity contribution < 1.29 is 13.6 Å². The van der Waals surface area contributed by atoms with Crippen LogP contribution in [0, 0.1) is 41.7 Å². The van der Waals surface area contributed by atoms with Crippen LogP contribution in [0.5, 0.6) is 0 Å². The molecule has 2 aromatic rings. The lowest BCUT2D eigenvalue weighted by Gasteiger charge is -2.30. The summed E-state index contributed by atoms with van der Waals surface area (Å²) in [6, 6.07) is 3.05. The molecular formula is C20H19F2N3O. The Morgan fingerprint density at radius 3 is 2.85 bits per heavy atom. The molecule has 0 saturated heterocycles. The summed E-state index contributed by atoms with van der Waals surface area (Å²) in [6.07, 6.45) is 2.71. The Bertz CT molecular complexity index is 975. The minimum Gasteiger partial charge on any atom is -0.357 e. The van der Waals surface area contributed by atoms with E-state index in [1.54, 1.807) is 13.8 Å². The molecule has 1 amide bonds. The summed E-state index contributed by atoms with van der Waals surface area (Å²) >= 11 is 0. The average Bonchev–Trinajstić information content (AvgIpc) is 2.90. The van der Waals surface area contributed by atoms with E-state index in [1.807, 2.05) is 0 Å². The first-order valence-corrected chi connectivity index (χ1v) is 8.59. The third-order valence-corrected chi connectivity index (χ3v) is 4.97. The number of nitrogens with zero attached hydrogens (tertiary/aromatic N) is 1. The zero-order chi connectivity index (χ0) is 18.8. The van der Waals surface area contributed by atoms with Crippen molar-refractivity contribution in [1.82, 2.24) is 10.3 Å². The van der Waals surface area contributed by atoms with Crippen molar-refractivity contribution in [2.45, 2.75) is 51.5 Å². The van der Waals surface area contributed by atoms with Gasteiger partial charge in [0.15, 0.2) is 11.6 Å². The van der Waals surface area contributed by atoms with E-state index in [-0.39, 0.29) is 23.4 Å². The molecule has 0 spiro atoms. The number of amides is 1. The van der Waals surface area contributed by atoms with Crippen LogP contribution in [0.3, 0.4) is 0 Å². The number of benzene rings is 1. The topological polar surface area (TPSA) is 68.7 Å². The van der Waals surface area contributed by atoms with E-state index < -0.39 is 11.6 Å². The molecular weight excluding hydrogens is 336 g/mol. The molecule has 1 saturated carbocycles. The predicted octanol–water partition coefficient (Wildman–Crippen LogP) is 3.79. The van der Waals surface area contributed by atoms with Crippen molar-refractivity contribution in [2.75, 3.05) is 0 Å². The summed E-state index contributed by atoms with van der Waals surface area (Å²) in [6.45, 7) is 3.30. The molecule has 26 heavy (non-hydrogen) atoms. The number of fused-ring (bicyclic) bond motifs is 1. The summed E-state index contributed by atoms with van der Waals surface area (Å²) in [4.78, 5) is 14.7. The monoisotopic (exact) mass is 355 g/mol. The maximum atomic E-state index is 14.7. The molecule has 0 bridgehead atoms. The highest BCUT2D eigenvalue weighted by Crippen LogP contribution is 2.40. The first-order chi connectivity index (χ1) is 12.5. The van der Waals surface area contributed by atoms with Crippen LogP contribution in [0.4, 0.5) is 8.78 Å². The number of rotatable bonds is 2. The summed E-state index contributed by atoms with van der Waals surface area (Å²) in [7, 11) is 0. The second-order valence-corrected chi connectivity index (χ2v) is 6.65. The molecule has 134 valence electrons. The van der Waals surface area contributed by atoms with Crippen molar-refractivity contribution in [3.05, 3.63) is 34.5 Å². The number of hydrogen-bond acceptors (Lipinski definition) is 2. The van der Waals surface area contributed by atoms with Gasteiger partial charge in [-0.25, -0.2) is 8.78 Å². The van der Waals surface area contributed by atoms with Gasteiger partial charge < -0.3 is 10.3 Å². The Balaban J connectivity index is 2.03. The highest BCUT2D eigenvalue weighted by Gasteiger charge is 2.30. The largest absolute Gasteiger partial charge is 0.357 e. The number of H-pyrrole nitrogens is 1. The normalized spacial score (nSPS) is 19.5. The predicted molar refractivity (Wildman–Crippen MR) is 94.3 cm³/mol. The van der Waals surface area contributed by atoms with Gasteiger partial charge in [-0.1, -0.05) is 12.3 Å². The molecule has 1 aliphatic rings. The standard InChI is InChI=1S/C20H19F2N3O/c1-3-5-17(26)25-13-7-4-6-12(8-13)18-19-14(10-23)11(2)24-16(19)9-15(21)20(18)22/h9,12-13,24H,4,6-8H2,1-2H3,(H,25,26)/t12-,13+/m1/s1. The second kappa shape index (κ2) is 7.17. The van der Waals surface area contributed by atoms with E-state index in [9.17, 15) is 18.8 Å². The van der Waals surface area contributed by atoms with Crippen molar-refractivity contribution in [2.24, 2.45) is 0 Å². The third kappa shape index (κ3) is 3.15. The average molecular weight is 355 g/mol. The maximum absolute atomic E-state index is 14.7. The lowest BCUT2D eigenvalue weighted by molar-refractivity contribution is -0.116. The van der Waals surface area contributed by atoms with Gasteiger partial charge in [-0.2, -0.15) is 5.26 Å². The zero-order valence-electron chi connectivity index (χ0n) is 14.7. The van der Waals surface area contributed by atoms with Crippen molar-refractivity contribution in [3.8, 4) is 17.9 Å². The van der Waals surface area contributed by atoms with E-state index in [2.05, 4.69) is 28.2 Å². The van der Waals surface area contributed by atoms with Gasteiger partial charge >= 0.3 is 0 Å². The fourth-order valence-electron chi connectivity index (χ4n) is 3.91. The third-order valence-electron chi connectivity index (χ3n) is 4.97. The van der Waals surface area contributed by atoms with E-state index in [1.165, 1.54) is 0 Å². The summed E-state index contributed by atoms with van der Waals surface area (Å²) in [5.74, 6) is 2.51. The zero-order valence-corrected chi connectivity index (χ0v) is 14.7. The minimum atomic E-state index is -0.929. The minimum absolute atomic E-state index is 0.148. The molecule has 1 aliphatic carbocycles. The Hall–Kier alpha value is -2.86. The molecule has 1 aromatic carbocycles. The Kier molecular flexibility index (Phi) is 4.95. The highest BCUT2D eigenvalue weighted by atomic mass is 19.2. The molecule has 1 heterocycles. The molecule has 4 nitrogen and oxygen atoms in total. The fraction of sp³-hybridized carbons (Fsp3) is 0.400. The first kappa shape index (κ1) is 17.9. The number of aromatic amines is 1. The van der Waals surface area contributed by atoms with Gasteiger partial charge in [0.2, 0.25) is 0 Å². The van der Waals surface area contributed by atoms with E-state index >= 15 is 0 Å². The SMILES string of the molecule is CC#CC(=O)N[C@H]1CCC[C@@H](c2c(F)c(F)cc3[nH]c(C)c(C#N)c23)C1. The Morgan fingerprint density at radius 1 is 1.38 bits per heavy atom. The summed E-state index contributed by atoms with van der Waals surface area (Å²) in [5, 5.41) is 12.7. The molecule has 6 heteroatoms. The number of halogens is 2. The summed E-state index contributed by atoms with van der Waals surface area (Å²) < 4.78 is 28.9. The lowest BCUT2D eigenvalue weighted by atomic mass is 9.79. The quantitative estimate of drug-likeness (QED) is 0.805. The highest BCUT2D eigenvalue weighted by molar-refractivity contribution is 5.93. The molecule has 0 unspecified atom stereocenters. The van der Waals surface area contributed by atoms with Crippen molar-refractivity contribution in [3.63, 3.8) is 0 Å². The smallest absolute Gasteiger partial charge is 0.296 e. The molecule has 0 aliphatic heterocycles. The Labute approximate surface area is 150 Å². The van der Waals surface area contributed by atoms with Gasteiger partial charge in [0, 0.05) is 28.8 Å². The number of aromatic nitrogens is 1. The van der Waals surface area contributed by atoms with Gasteiger partial charge in [-0.3, -0.25) is 4.79 Å². The number of aryl methyl sites for hydroxylation is 1. The maximum Gasteiger partial charge on any atom is 0.296 e. The summed E-state index contributed by atoms with van der Waals surface area (Å²) in [5.41, 5.74) is 1.60. The van der Waals surface area contributed by atoms with Crippen molar-refractivity contribution in [1.29, 1.82) is 5.26 Å². The van der Waals surface area contributed by atoms with Crippen LogP contribution in [0.1, 0.15) is 55.3 Å². The van der Waals surface area contributed by atoms with E-state index in [0.717, 1.165) is 18.9 Å². The van der Waals surface area contributed by atoms with Gasteiger partial charge in [0.25, 0.3) is 5.91 Å². The lowest BCUT2D eigenvalue weighted by Crippen LogP contribution is -2.37. The second-order valence-electron chi connectivity index (χ2n) is 6.65. The molecule has 2 N–H and O–H groups in total. The van der Waals surface area contributed by atoms with E-state index in [0.29, 0.717) is 35.0 Å². The van der Waals surface area contributed by atoms with Gasteiger partial charge in [0.1, 0.15) is 6.07 Å². The molecule has 1 aromatic heterocycles. The van der Waals surface area contributed by atoms with Gasteiger partial charge in [-0.15, -0.1) is 0 Å². The van der Waals surface area contributed by atoms with Crippen LogP contribution in [-0.4, -0.2) is 16.9 Å². The van der Waals surface area contributed by atoms with Crippen LogP contribution < -0.4 is 5.32 Å². The molecule has 1 fully saturated rings. The van der Waals surface area contributed by atoms with Crippen LogP contribution in [0.25, 0.3) is 10.9 Å². The number of hydrogen-bond donors (Lipinski definition) is 2. The van der Waals surface area contributed by atoms with Gasteiger partial charge in [-0.05, 0) is 44.9 Å². The Morgan fingerprint density at radius 2 is 2.15 bits per heavy atom. The van der Waals surface area contributed by atoms with Crippen LogP contribution in [0.15, 0.2) is 6.07 Å². The molecule has 2 atom stereocenters. The number of carbonyl (C=O) groups excluding carboxylic acids is 1. The molecule has 0 radical (unpaired) electrons. The number of carbonyl (C=O) groups is 1. The van der Waals surface area contributed by atoms with Crippen LogP contribution in [0.2, 0.25) is 0 Å². The van der Waals surface area contributed by atoms with E-state index in [4.69, 9.17) is 0 Å². The van der Waals surface area contributed by atoms with Crippen molar-refractivity contribution >= 4 is 16.8 Å².